The van der Waals surface area contributed by atoms with Gasteiger partial charge in [0.2, 0.25) is 17.7 Å². The Bertz CT molecular complexity index is 710. The zero-order valence-electron chi connectivity index (χ0n) is 12.9. The van der Waals surface area contributed by atoms with Crippen molar-refractivity contribution in [1.29, 1.82) is 0 Å². The van der Waals surface area contributed by atoms with E-state index in [2.05, 4.69) is 5.32 Å². The van der Waals surface area contributed by atoms with Crippen molar-refractivity contribution in [3.63, 3.8) is 0 Å². The maximum Gasteiger partial charge on any atom is 0.244 e. The van der Waals surface area contributed by atoms with E-state index in [4.69, 9.17) is 0 Å². The summed E-state index contributed by atoms with van der Waals surface area (Å²) in [6.07, 6.45) is 5.00. The second-order valence-corrected chi connectivity index (χ2v) is 6.68. The van der Waals surface area contributed by atoms with E-state index in [1.54, 1.807) is 6.07 Å². The minimum Gasteiger partial charge on any atom is -0.325 e. The number of rotatable bonds is 3. The van der Waals surface area contributed by atoms with Crippen molar-refractivity contribution >= 4 is 23.4 Å². The smallest absolute Gasteiger partial charge is 0.244 e. The number of amides is 3. The van der Waals surface area contributed by atoms with E-state index in [1.165, 1.54) is 0 Å². The van der Waals surface area contributed by atoms with E-state index in [-0.39, 0.29) is 47.9 Å². The van der Waals surface area contributed by atoms with Gasteiger partial charge in [-0.05, 0) is 42.9 Å². The zero-order chi connectivity index (χ0) is 16.1. The molecule has 5 heteroatoms. The van der Waals surface area contributed by atoms with Gasteiger partial charge in [0.05, 0.1) is 11.8 Å². The van der Waals surface area contributed by atoms with Crippen LogP contribution in [0.3, 0.4) is 0 Å². The molecule has 2 unspecified atom stereocenters. The summed E-state index contributed by atoms with van der Waals surface area (Å²) < 4.78 is 0. The summed E-state index contributed by atoms with van der Waals surface area (Å²) in [6.45, 7) is 1.74. The highest BCUT2D eigenvalue weighted by atomic mass is 16.2. The molecule has 3 aliphatic rings. The third-order valence-electron chi connectivity index (χ3n) is 5.17. The molecule has 1 saturated heterocycles. The normalized spacial score (nSPS) is 30.9. The van der Waals surface area contributed by atoms with Crippen LogP contribution in [0, 0.1) is 30.6 Å². The molecule has 1 N–H and O–H groups in total. The van der Waals surface area contributed by atoms with Crippen molar-refractivity contribution in [3.8, 4) is 0 Å². The molecule has 4 rings (SSSR count). The molecule has 0 spiro atoms. The van der Waals surface area contributed by atoms with Gasteiger partial charge in [-0.3, -0.25) is 19.3 Å². The average molecular weight is 310 g/mol. The van der Waals surface area contributed by atoms with E-state index in [0.29, 0.717) is 5.69 Å². The maximum atomic E-state index is 12.5. The lowest BCUT2D eigenvalue weighted by Gasteiger charge is -2.16. The molecule has 2 fully saturated rings. The molecule has 0 radical (unpaired) electrons. The Morgan fingerprint density at radius 2 is 1.83 bits per heavy atom. The van der Waals surface area contributed by atoms with Crippen molar-refractivity contribution in [2.75, 3.05) is 11.9 Å². The number of benzene rings is 1. The molecule has 1 heterocycles. The summed E-state index contributed by atoms with van der Waals surface area (Å²) in [5.41, 5.74) is 1.71. The van der Waals surface area contributed by atoms with Crippen LogP contribution in [0.4, 0.5) is 5.69 Å². The van der Waals surface area contributed by atoms with Crippen LogP contribution in [0.1, 0.15) is 12.0 Å². The summed E-state index contributed by atoms with van der Waals surface area (Å²) in [7, 11) is 0. The van der Waals surface area contributed by atoms with Gasteiger partial charge in [-0.25, -0.2) is 0 Å². The highest BCUT2D eigenvalue weighted by Crippen LogP contribution is 2.52. The van der Waals surface area contributed by atoms with Gasteiger partial charge < -0.3 is 5.32 Å². The molecule has 5 nitrogen and oxygen atoms in total. The van der Waals surface area contributed by atoms with Crippen molar-refractivity contribution < 1.29 is 14.4 Å². The minimum absolute atomic E-state index is 0.172. The van der Waals surface area contributed by atoms with Crippen LogP contribution in [0.25, 0.3) is 0 Å². The first kappa shape index (κ1) is 14.2. The Balaban J connectivity index is 1.46. The number of imide groups is 1. The number of carbonyl (C=O) groups excluding carboxylic acids is 3. The summed E-state index contributed by atoms with van der Waals surface area (Å²) in [5, 5.41) is 2.75. The quantitative estimate of drug-likeness (QED) is 0.683. The number of carbonyl (C=O) groups is 3. The predicted octanol–water partition coefficient (Wildman–Crippen LogP) is 1.74. The Morgan fingerprint density at radius 3 is 2.43 bits per heavy atom. The van der Waals surface area contributed by atoms with E-state index in [0.717, 1.165) is 16.9 Å². The van der Waals surface area contributed by atoms with Gasteiger partial charge in [-0.2, -0.15) is 0 Å². The van der Waals surface area contributed by atoms with Gasteiger partial charge in [0.15, 0.2) is 0 Å². The van der Waals surface area contributed by atoms with E-state index >= 15 is 0 Å². The minimum atomic E-state index is -0.336. The van der Waals surface area contributed by atoms with Crippen LogP contribution in [0.15, 0.2) is 36.4 Å². The second kappa shape index (κ2) is 5.05. The number of likely N-dealkylation sites (tertiary alicyclic amines) is 1. The molecule has 1 aromatic rings. The molecule has 1 aromatic carbocycles. The fourth-order valence-corrected chi connectivity index (χ4v) is 4.19. The second-order valence-electron chi connectivity index (χ2n) is 6.68. The fourth-order valence-electron chi connectivity index (χ4n) is 4.19. The van der Waals surface area contributed by atoms with Gasteiger partial charge in [-0.1, -0.05) is 24.3 Å². The third-order valence-corrected chi connectivity index (χ3v) is 5.17. The van der Waals surface area contributed by atoms with Crippen LogP contribution >= 0.6 is 0 Å². The average Bonchev–Trinajstić information content (AvgIpc) is 3.17. The van der Waals surface area contributed by atoms with Gasteiger partial charge in [0.25, 0.3) is 0 Å². The number of fused-ring (bicyclic) bond motifs is 5. The van der Waals surface area contributed by atoms with Gasteiger partial charge in [-0.15, -0.1) is 0 Å². The molecule has 2 bridgehead atoms. The molecule has 1 saturated carbocycles. The van der Waals surface area contributed by atoms with Crippen molar-refractivity contribution in [3.05, 3.63) is 42.0 Å². The molecule has 0 aromatic heterocycles. The zero-order valence-corrected chi connectivity index (χ0v) is 12.9. The van der Waals surface area contributed by atoms with Crippen LogP contribution in [-0.2, 0) is 14.4 Å². The molecule has 23 heavy (non-hydrogen) atoms. The third kappa shape index (κ3) is 2.19. The van der Waals surface area contributed by atoms with Gasteiger partial charge >= 0.3 is 0 Å². The molecular formula is C18H18N2O3. The first-order valence-electron chi connectivity index (χ1n) is 7.94. The number of nitrogens with zero attached hydrogens (tertiary/aromatic N) is 1. The number of anilines is 1. The molecule has 3 amide bonds. The Kier molecular flexibility index (Phi) is 3.11. The standard InChI is InChI=1S/C18H18N2O3/c1-10-3-2-4-13(7-10)19-14(21)9-20-17(22)15-11-5-6-12(8-11)16(15)18(20)23/h2-7,11-12,15-16H,8-9H2,1H3,(H,19,21)/t11-,12+,15?,16?. The molecule has 118 valence electrons. The van der Waals surface area contributed by atoms with Crippen molar-refractivity contribution in [2.24, 2.45) is 23.7 Å². The molecule has 1 aliphatic heterocycles. The highest BCUT2D eigenvalue weighted by Gasteiger charge is 2.59. The van der Waals surface area contributed by atoms with E-state index in [1.807, 2.05) is 37.3 Å². The van der Waals surface area contributed by atoms with Crippen molar-refractivity contribution in [1.82, 2.24) is 4.90 Å². The lowest BCUT2D eigenvalue weighted by atomic mass is 9.85. The number of allylic oxidation sites excluding steroid dienone is 2. The van der Waals surface area contributed by atoms with Crippen LogP contribution in [0.5, 0.6) is 0 Å². The van der Waals surface area contributed by atoms with Gasteiger partial charge in [0, 0.05) is 5.69 Å². The van der Waals surface area contributed by atoms with Gasteiger partial charge in [0.1, 0.15) is 6.54 Å². The van der Waals surface area contributed by atoms with Crippen LogP contribution < -0.4 is 5.32 Å². The molecular weight excluding hydrogens is 292 g/mol. The van der Waals surface area contributed by atoms with E-state index < -0.39 is 0 Å². The fraction of sp³-hybridized carbons (Fsp3) is 0.389. The Morgan fingerprint density at radius 1 is 1.17 bits per heavy atom. The predicted molar refractivity (Wildman–Crippen MR) is 84.2 cm³/mol. The summed E-state index contributed by atoms with van der Waals surface area (Å²) >= 11 is 0. The number of hydrogen-bond donors (Lipinski definition) is 1. The lowest BCUT2D eigenvalue weighted by molar-refractivity contribution is -0.143. The first-order chi connectivity index (χ1) is 11.0. The van der Waals surface area contributed by atoms with Crippen molar-refractivity contribution in [2.45, 2.75) is 13.3 Å². The highest BCUT2D eigenvalue weighted by molar-refractivity contribution is 6.09. The number of aryl methyl sites for hydroxylation is 1. The molecule has 2 aliphatic carbocycles. The number of nitrogens with one attached hydrogen (secondary N) is 1. The maximum absolute atomic E-state index is 12.5. The summed E-state index contributed by atoms with van der Waals surface area (Å²) in [5.74, 6) is -0.851. The largest absolute Gasteiger partial charge is 0.325 e. The Hall–Kier alpha value is -2.43. The first-order valence-corrected chi connectivity index (χ1v) is 7.94. The summed E-state index contributed by atoms with van der Waals surface area (Å²) in [4.78, 5) is 38.4. The van der Waals surface area contributed by atoms with Crippen LogP contribution in [0.2, 0.25) is 0 Å². The lowest BCUT2D eigenvalue weighted by Crippen LogP contribution is -2.39. The number of hydrogen-bond acceptors (Lipinski definition) is 3. The molecule has 4 atom stereocenters. The van der Waals surface area contributed by atoms with E-state index in [9.17, 15) is 14.4 Å². The summed E-state index contributed by atoms with van der Waals surface area (Å²) in [6, 6.07) is 7.43. The topological polar surface area (TPSA) is 66.5 Å². The SMILES string of the molecule is Cc1cccc(NC(=O)CN2C(=O)C3C(C2=O)[C@H]2C=C[C@@H]3C2)c1. The Labute approximate surface area is 134 Å². The van der Waals surface area contributed by atoms with Crippen LogP contribution in [-0.4, -0.2) is 29.2 Å². The monoisotopic (exact) mass is 310 g/mol.